The first-order valence-corrected chi connectivity index (χ1v) is 8.30. The van der Waals surface area contributed by atoms with Crippen LogP contribution in [0.2, 0.25) is 0 Å². The second-order valence-corrected chi connectivity index (χ2v) is 6.37. The molecule has 1 fully saturated rings. The summed E-state index contributed by atoms with van der Waals surface area (Å²) in [4.78, 5) is 5.07. The molecule has 3 unspecified atom stereocenters. The van der Waals surface area contributed by atoms with Crippen molar-refractivity contribution in [1.82, 2.24) is 15.1 Å². The first-order valence-electron chi connectivity index (χ1n) is 8.30. The van der Waals surface area contributed by atoms with Gasteiger partial charge in [0.25, 0.3) is 0 Å². The van der Waals surface area contributed by atoms with Gasteiger partial charge in [-0.2, -0.15) is 0 Å². The van der Waals surface area contributed by atoms with Crippen LogP contribution < -0.4 is 5.32 Å². The molecule has 3 atom stereocenters. The maximum absolute atomic E-state index is 3.53. The third kappa shape index (κ3) is 4.06. The molecule has 1 saturated heterocycles. The molecule has 0 aliphatic carbocycles. The summed E-state index contributed by atoms with van der Waals surface area (Å²) in [7, 11) is 6.63. The highest BCUT2D eigenvalue weighted by molar-refractivity contribution is 5.20. The van der Waals surface area contributed by atoms with E-state index in [2.05, 4.69) is 73.5 Å². The van der Waals surface area contributed by atoms with Crippen LogP contribution in [0.25, 0.3) is 0 Å². The standard InChI is InChI=1S/C18H31N3/c1-5-17(18(19-2)15-10-7-6-8-11-15)21(4)14-16-12-9-13-20(16)3/h6-8,10-11,16-19H,5,9,12-14H2,1-4H3. The molecule has 118 valence electrons. The summed E-state index contributed by atoms with van der Waals surface area (Å²) in [5.74, 6) is 0. The van der Waals surface area contributed by atoms with Gasteiger partial charge in [-0.05, 0) is 52.5 Å². The van der Waals surface area contributed by atoms with Gasteiger partial charge in [0.15, 0.2) is 0 Å². The van der Waals surface area contributed by atoms with Gasteiger partial charge in [0.1, 0.15) is 0 Å². The Kier molecular flexibility index (Phi) is 6.22. The molecule has 1 N–H and O–H groups in total. The summed E-state index contributed by atoms with van der Waals surface area (Å²) in [6, 6.07) is 12.5. The second kappa shape index (κ2) is 7.92. The molecule has 0 spiro atoms. The largest absolute Gasteiger partial charge is 0.312 e. The molecule has 1 heterocycles. The molecule has 3 heteroatoms. The van der Waals surface area contributed by atoms with Crippen molar-refractivity contribution in [3.63, 3.8) is 0 Å². The van der Waals surface area contributed by atoms with E-state index < -0.39 is 0 Å². The van der Waals surface area contributed by atoms with Crippen LogP contribution in [0.1, 0.15) is 37.8 Å². The Morgan fingerprint density at radius 1 is 1.33 bits per heavy atom. The quantitative estimate of drug-likeness (QED) is 0.832. The monoisotopic (exact) mass is 289 g/mol. The number of likely N-dealkylation sites (N-methyl/N-ethyl adjacent to an activating group) is 3. The van der Waals surface area contributed by atoms with Crippen LogP contribution in [-0.2, 0) is 0 Å². The molecule has 1 aliphatic heterocycles. The highest BCUT2D eigenvalue weighted by atomic mass is 15.2. The van der Waals surface area contributed by atoms with Crippen molar-refractivity contribution >= 4 is 0 Å². The molecule has 0 saturated carbocycles. The van der Waals surface area contributed by atoms with Gasteiger partial charge in [0, 0.05) is 24.7 Å². The third-order valence-electron chi connectivity index (χ3n) is 5.01. The molecular weight excluding hydrogens is 258 g/mol. The van der Waals surface area contributed by atoms with Gasteiger partial charge in [-0.3, -0.25) is 4.90 Å². The zero-order valence-electron chi connectivity index (χ0n) is 14.0. The summed E-state index contributed by atoms with van der Waals surface area (Å²) >= 11 is 0. The predicted molar refractivity (Wildman–Crippen MR) is 90.6 cm³/mol. The van der Waals surface area contributed by atoms with E-state index in [1.54, 1.807) is 0 Å². The van der Waals surface area contributed by atoms with Crippen LogP contribution >= 0.6 is 0 Å². The molecular formula is C18H31N3. The Morgan fingerprint density at radius 2 is 2.05 bits per heavy atom. The summed E-state index contributed by atoms with van der Waals surface area (Å²) in [5.41, 5.74) is 1.39. The molecule has 0 aromatic heterocycles. The molecule has 21 heavy (non-hydrogen) atoms. The van der Waals surface area contributed by atoms with Gasteiger partial charge in [-0.15, -0.1) is 0 Å². The van der Waals surface area contributed by atoms with E-state index in [0.717, 1.165) is 12.5 Å². The van der Waals surface area contributed by atoms with Gasteiger partial charge in [0.2, 0.25) is 0 Å². The molecule has 3 nitrogen and oxygen atoms in total. The van der Waals surface area contributed by atoms with Gasteiger partial charge in [0.05, 0.1) is 0 Å². The third-order valence-corrected chi connectivity index (χ3v) is 5.01. The molecule has 0 radical (unpaired) electrons. The summed E-state index contributed by atoms with van der Waals surface area (Å²) in [6.45, 7) is 4.72. The van der Waals surface area contributed by atoms with Crippen molar-refractivity contribution in [1.29, 1.82) is 0 Å². The zero-order valence-corrected chi connectivity index (χ0v) is 14.0. The maximum atomic E-state index is 3.53. The van der Waals surface area contributed by atoms with Gasteiger partial charge in [-0.25, -0.2) is 0 Å². The van der Waals surface area contributed by atoms with Crippen LogP contribution in [0.4, 0.5) is 0 Å². The lowest BCUT2D eigenvalue weighted by Gasteiger charge is -2.36. The van der Waals surface area contributed by atoms with Crippen molar-refractivity contribution in [3.8, 4) is 0 Å². The van der Waals surface area contributed by atoms with Crippen LogP contribution in [0, 0.1) is 0 Å². The van der Waals surface area contributed by atoms with Crippen molar-refractivity contribution in [3.05, 3.63) is 35.9 Å². The lowest BCUT2D eigenvalue weighted by Crippen LogP contribution is -2.46. The van der Waals surface area contributed by atoms with Crippen molar-refractivity contribution in [2.24, 2.45) is 0 Å². The minimum absolute atomic E-state index is 0.396. The molecule has 1 aromatic carbocycles. The fourth-order valence-corrected chi connectivity index (χ4v) is 3.72. The zero-order chi connectivity index (χ0) is 15.2. The second-order valence-electron chi connectivity index (χ2n) is 6.37. The highest BCUT2D eigenvalue weighted by Gasteiger charge is 2.28. The minimum atomic E-state index is 0.396. The molecule has 2 rings (SSSR count). The fraction of sp³-hybridized carbons (Fsp3) is 0.667. The number of hydrogen-bond acceptors (Lipinski definition) is 3. The van der Waals surface area contributed by atoms with Crippen LogP contribution in [0.15, 0.2) is 30.3 Å². The van der Waals surface area contributed by atoms with E-state index in [-0.39, 0.29) is 0 Å². The fourth-order valence-electron chi connectivity index (χ4n) is 3.72. The number of nitrogens with zero attached hydrogens (tertiary/aromatic N) is 2. The van der Waals surface area contributed by atoms with E-state index in [1.807, 2.05) is 0 Å². The molecule has 1 aromatic rings. The summed E-state index contributed by atoms with van der Waals surface area (Å²) < 4.78 is 0. The van der Waals surface area contributed by atoms with E-state index in [4.69, 9.17) is 0 Å². The molecule has 1 aliphatic rings. The predicted octanol–water partition coefficient (Wildman–Crippen LogP) is 2.75. The van der Waals surface area contributed by atoms with Crippen molar-refractivity contribution in [2.75, 3.05) is 34.2 Å². The van der Waals surface area contributed by atoms with Crippen LogP contribution in [0.3, 0.4) is 0 Å². The molecule has 0 amide bonds. The lowest BCUT2D eigenvalue weighted by atomic mass is 9.96. The van der Waals surface area contributed by atoms with Crippen molar-refractivity contribution < 1.29 is 0 Å². The topological polar surface area (TPSA) is 18.5 Å². The van der Waals surface area contributed by atoms with Gasteiger partial charge < -0.3 is 10.2 Å². The Morgan fingerprint density at radius 3 is 2.57 bits per heavy atom. The van der Waals surface area contributed by atoms with Gasteiger partial charge in [-0.1, -0.05) is 37.3 Å². The number of rotatable bonds is 7. The lowest BCUT2D eigenvalue weighted by molar-refractivity contribution is 0.146. The number of nitrogens with one attached hydrogen (secondary N) is 1. The average molecular weight is 289 g/mol. The van der Waals surface area contributed by atoms with E-state index in [9.17, 15) is 0 Å². The Hall–Kier alpha value is -0.900. The first-order chi connectivity index (χ1) is 10.2. The summed E-state index contributed by atoms with van der Waals surface area (Å²) in [6.07, 6.45) is 3.85. The number of likely N-dealkylation sites (tertiary alicyclic amines) is 1. The molecule has 0 bridgehead atoms. The Bertz CT molecular complexity index is 406. The van der Waals surface area contributed by atoms with Crippen LogP contribution in [0.5, 0.6) is 0 Å². The Balaban J connectivity index is 2.05. The van der Waals surface area contributed by atoms with Crippen molar-refractivity contribution in [2.45, 2.75) is 44.3 Å². The number of hydrogen-bond donors (Lipinski definition) is 1. The maximum Gasteiger partial charge on any atom is 0.0475 e. The highest BCUT2D eigenvalue weighted by Crippen LogP contribution is 2.24. The minimum Gasteiger partial charge on any atom is -0.312 e. The van der Waals surface area contributed by atoms with Crippen LogP contribution in [-0.4, -0.2) is 56.1 Å². The summed E-state index contributed by atoms with van der Waals surface area (Å²) in [5, 5.41) is 3.53. The average Bonchev–Trinajstić information content (AvgIpc) is 2.90. The van der Waals surface area contributed by atoms with E-state index >= 15 is 0 Å². The van der Waals surface area contributed by atoms with E-state index in [0.29, 0.717) is 12.1 Å². The van der Waals surface area contributed by atoms with E-state index in [1.165, 1.54) is 31.5 Å². The Labute approximate surface area is 130 Å². The number of benzene rings is 1. The smallest absolute Gasteiger partial charge is 0.0475 e. The van der Waals surface area contributed by atoms with Gasteiger partial charge >= 0.3 is 0 Å². The first kappa shape index (κ1) is 16.5. The SMILES string of the molecule is CCC(C(NC)c1ccccc1)N(C)CC1CCCN1C. The normalized spacial score (nSPS) is 22.6.